The minimum Gasteiger partial charge on any atom is -0.443 e. The minimum absolute atomic E-state index is 0.260. The lowest BCUT2D eigenvalue weighted by molar-refractivity contribution is 0.249. The van der Waals surface area contributed by atoms with Crippen molar-refractivity contribution in [2.45, 2.75) is 46.2 Å². The van der Waals surface area contributed by atoms with E-state index in [1.807, 2.05) is 11.6 Å². The third-order valence-corrected chi connectivity index (χ3v) is 5.47. The van der Waals surface area contributed by atoms with Crippen LogP contribution in [0.4, 0.5) is 5.95 Å². The molecule has 5 heterocycles. The Morgan fingerprint density at radius 3 is 2.90 bits per heavy atom. The zero-order valence-corrected chi connectivity index (χ0v) is 17.3. The standard InChI is InChI=1S/C19H24N10O/c1-11(2)28-14-4-7-27(10-13(14)24-26-28)8-5-15-22-17-12(3)16(18-21-6-9-30-18)23-19(20)29(17)25-15/h6,9,11H,4-5,7-8,10H2,1-3H3,(H2,20,23). The van der Waals surface area contributed by atoms with Crippen LogP contribution in [0.25, 0.3) is 17.2 Å². The van der Waals surface area contributed by atoms with Crippen LogP contribution in [-0.4, -0.2) is 57.5 Å². The smallest absolute Gasteiger partial charge is 0.245 e. The van der Waals surface area contributed by atoms with Gasteiger partial charge in [-0.25, -0.2) is 19.6 Å². The monoisotopic (exact) mass is 408 g/mol. The van der Waals surface area contributed by atoms with Crippen molar-refractivity contribution in [2.24, 2.45) is 0 Å². The molecule has 4 aromatic heterocycles. The lowest BCUT2D eigenvalue weighted by Gasteiger charge is -2.26. The van der Waals surface area contributed by atoms with Crippen LogP contribution in [0.5, 0.6) is 0 Å². The van der Waals surface area contributed by atoms with E-state index in [-0.39, 0.29) is 5.95 Å². The molecule has 1 aliphatic heterocycles. The SMILES string of the molecule is Cc1c(-c2ncco2)nc(N)n2nc(CCN3CCc4c(nnn4C(C)C)C3)nc12. The zero-order valence-electron chi connectivity index (χ0n) is 17.3. The molecule has 2 N–H and O–H groups in total. The molecule has 0 unspecified atom stereocenters. The van der Waals surface area contributed by atoms with Gasteiger partial charge in [-0.2, -0.15) is 4.52 Å². The number of rotatable bonds is 5. The maximum absolute atomic E-state index is 6.12. The summed E-state index contributed by atoms with van der Waals surface area (Å²) in [6, 6.07) is 0.332. The molecule has 1 aliphatic rings. The van der Waals surface area contributed by atoms with Gasteiger partial charge in [-0.15, -0.1) is 10.2 Å². The Morgan fingerprint density at radius 1 is 1.27 bits per heavy atom. The van der Waals surface area contributed by atoms with Gasteiger partial charge in [0.25, 0.3) is 0 Å². The number of nitrogens with zero attached hydrogens (tertiary/aromatic N) is 9. The maximum Gasteiger partial charge on any atom is 0.245 e. The molecule has 11 heteroatoms. The van der Waals surface area contributed by atoms with E-state index in [4.69, 9.17) is 15.1 Å². The van der Waals surface area contributed by atoms with Gasteiger partial charge in [0.2, 0.25) is 11.8 Å². The number of nitrogen functional groups attached to an aromatic ring is 1. The largest absolute Gasteiger partial charge is 0.443 e. The molecular weight excluding hydrogens is 384 g/mol. The van der Waals surface area contributed by atoms with Crippen LogP contribution in [0.15, 0.2) is 16.9 Å². The molecule has 0 atom stereocenters. The molecule has 0 fully saturated rings. The zero-order chi connectivity index (χ0) is 20.8. The lowest BCUT2D eigenvalue weighted by atomic mass is 10.1. The highest BCUT2D eigenvalue weighted by Gasteiger charge is 2.24. The number of hydrogen-bond acceptors (Lipinski definition) is 9. The van der Waals surface area contributed by atoms with Crippen molar-refractivity contribution < 1.29 is 4.42 Å². The van der Waals surface area contributed by atoms with Crippen LogP contribution in [0.1, 0.15) is 42.7 Å². The average molecular weight is 408 g/mol. The number of anilines is 1. The highest BCUT2D eigenvalue weighted by Crippen LogP contribution is 2.24. The van der Waals surface area contributed by atoms with Gasteiger partial charge in [0.05, 0.1) is 17.6 Å². The molecule has 4 aromatic rings. The molecular formula is C19H24N10O. The quantitative estimate of drug-likeness (QED) is 0.521. The predicted molar refractivity (Wildman–Crippen MR) is 109 cm³/mol. The van der Waals surface area contributed by atoms with Gasteiger partial charge < -0.3 is 10.2 Å². The first-order chi connectivity index (χ1) is 14.5. The van der Waals surface area contributed by atoms with E-state index in [9.17, 15) is 0 Å². The molecule has 156 valence electrons. The predicted octanol–water partition coefficient (Wildman–Crippen LogP) is 1.44. The second kappa shape index (κ2) is 7.17. The van der Waals surface area contributed by atoms with Gasteiger partial charge in [0.15, 0.2) is 11.5 Å². The number of aryl methyl sites for hydroxylation is 1. The van der Waals surface area contributed by atoms with Gasteiger partial charge in [-0.1, -0.05) is 5.21 Å². The Morgan fingerprint density at radius 2 is 2.13 bits per heavy atom. The first-order valence-corrected chi connectivity index (χ1v) is 10.1. The summed E-state index contributed by atoms with van der Waals surface area (Å²) in [6.07, 6.45) is 4.75. The van der Waals surface area contributed by atoms with E-state index < -0.39 is 0 Å². The molecule has 0 amide bonds. The third-order valence-electron chi connectivity index (χ3n) is 5.47. The van der Waals surface area contributed by atoms with Crippen molar-refractivity contribution >= 4 is 11.6 Å². The second-order valence-corrected chi connectivity index (χ2v) is 7.84. The molecule has 0 radical (unpaired) electrons. The van der Waals surface area contributed by atoms with Crippen LogP contribution in [-0.2, 0) is 19.4 Å². The van der Waals surface area contributed by atoms with Gasteiger partial charge in [-0.05, 0) is 20.8 Å². The Balaban J connectivity index is 1.34. The maximum atomic E-state index is 6.12. The summed E-state index contributed by atoms with van der Waals surface area (Å²) in [6.45, 7) is 8.79. The summed E-state index contributed by atoms with van der Waals surface area (Å²) in [5, 5.41) is 13.2. The molecule has 0 spiro atoms. The first kappa shape index (κ1) is 18.7. The lowest BCUT2D eigenvalue weighted by Crippen LogP contribution is -2.33. The Kier molecular flexibility index (Phi) is 4.46. The van der Waals surface area contributed by atoms with E-state index in [2.05, 4.69) is 44.1 Å². The van der Waals surface area contributed by atoms with E-state index in [1.54, 1.807) is 10.7 Å². The summed E-state index contributed by atoms with van der Waals surface area (Å²) < 4.78 is 8.99. The Hall–Kier alpha value is -3.34. The van der Waals surface area contributed by atoms with Gasteiger partial charge in [0, 0.05) is 44.1 Å². The molecule has 0 aliphatic carbocycles. The Bertz CT molecular complexity index is 1190. The summed E-state index contributed by atoms with van der Waals surface area (Å²) in [5.41, 5.74) is 10.5. The fraction of sp³-hybridized carbons (Fsp3) is 0.474. The average Bonchev–Trinajstić information content (AvgIpc) is 3.48. The number of hydrogen-bond donors (Lipinski definition) is 1. The number of oxazole rings is 1. The van der Waals surface area contributed by atoms with E-state index in [0.29, 0.717) is 29.7 Å². The fourth-order valence-electron chi connectivity index (χ4n) is 3.91. The van der Waals surface area contributed by atoms with Crippen molar-refractivity contribution in [3.05, 3.63) is 35.2 Å². The topological polar surface area (TPSA) is 129 Å². The van der Waals surface area contributed by atoms with Gasteiger partial charge in [-0.3, -0.25) is 4.90 Å². The normalized spacial score (nSPS) is 14.7. The van der Waals surface area contributed by atoms with Crippen molar-refractivity contribution in [1.29, 1.82) is 0 Å². The molecule has 30 heavy (non-hydrogen) atoms. The molecule has 11 nitrogen and oxygen atoms in total. The van der Waals surface area contributed by atoms with Crippen molar-refractivity contribution in [2.75, 3.05) is 18.8 Å². The molecule has 0 bridgehead atoms. The van der Waals surface area contributed by atoms with Crippen LogP contribution < -0.4 is 5.73 Å². The van der Waals surface area contributed by atoms with E-state index in [1.165, 1.54) is 12.0 Å². The van der Waals surface area contributed by atoms with Gasteiger partial charge >= 0.3 is 0 Å². The molecule has 0 aromatic carbocycles. The number of nitrogens with two attached hydrogens (primary N) is 1. The van der Waals surface area contributed by atoms with Gasteiger partial charge in [0.1, 0.15) is 12.0 Å². The number of fused-ring (bicyclic) bond motifs is 2. The molecule has 0 saturated heterocycles. The van der Waals surface area contributed by atoms with Crippen LogP contribution in [0, 0.1) is 6.92 Å². The van der Waals surface area contributed by atoms with Crippen LogP contribution in [0.3, 0.4) is 0 Å². The number of aromatic nitrogens is 8. The molecule has 5 rings (SSSR count). The highest BCUT2D eigenvalue weighted by molar-refractivity contribution is 5.65. The van der Waals surface area contributed by atoms with E-state index >= 15 is 0 Å². The fourth-order valence-corrected chi connectivity index (χ4v) is 3.91. The summed E-state index contributed by atoms with van der Waals surface area (Å²) in [5.74, 6) is 1.41. The highest BCUT2D eigenvalue weighted by atomic mass is 16.3. The first-order valence-electron chi connectivity index (χ1n) is 10.1. The van der Waals surface area contributed by atoms with Crippen molar-refractivity contribution in [3.8, 4) is 11.6 Å². The minimum atomic E-state index is 0.260. The second-order valence-electron chi connectivity index (χ2n) is 7.84. The van der Waals surface area contributed by atoms with E-state index in [0.717, 1.165) is 43.1 Å². The Labute approximate surface area is 172 Å². The third kappa shape index (κ3) is 3.11. The summed E-state index contributed by atoms with van der Waals surface area (Å²) in [7, 11) is 0. The molecule has 0 saturated carbocycles. The van der Waals surface area contributed by atoms with Crippen molar-refractivity contribution in [3.63, 3.8) is 0 Å². The summed E-state index contributed by atoms with van der Waals surface area (Å²) in [4.78, 5) is 15.6. The van der Waals surface area contributed by atoms with Crippen molar-refractivity contribution in [1.82, 2.24) is 44.5 Å². The summed E-state index contributed by atoms with van der Waals surface area (Å²) >= 11 is 0. The van der Waals surface area contributed by atoms with Crippen LogP contribution >= 0.6 is 0 Å². The van der Waals surface area contributed by atoms with Crippen LogP contribution in [0.2, 0.25) is 0 Å².